The molecule has 0 amide bonds. The Labute approximate surface area is 181 Å². The number of fused-ring (bicyclic) bond motifs is 5. The average molecular weight is 412 g/mol. The van der Waals surface area contributed by atoms with Gasteiger partial charge in [0.25, 0.3) is 0 Å². The van der Waals surface area contributed by atoms with E-state index in [1.165, 1.54) is 23.1 Å². The summed E-state index contributed by atoms with van der Waals surface area (Å²) < 4.78 is 19.2. The summed E-state index contributed by atoms with van der Waals surface area (Å²) >= 11 is 0. The Morgan fingerprint density at radius 1 is 0.933 bits per heavy atom. The molecule has 0 radical (unpaired) electrons. The molecule has 2 bridgehead atoms. The monoisotopic (exact) mass is 411 g/mol. The number of ether oxygens (including phenoxy) is 3. The van der Waals surface area contributed by atoms with E-state index in [0.29, 0.717) is 11.3 Å². The van der Waals surface area contributed by atoms with Crippen LogP contribution < -0.4 is 5.73 Å². The quantitative estimate of drug-likeness (QED) is 0.624. The van der Waals surface area contributed by atoms with Crippen LogP contribution in [-0.2, 0) is 14.2 Å². The maximum Gasteiger partial charge on any atom is 0.164 e. The zero-order valence-electron chi connectivity index (χ0n) is 19.4. The van der Waals surface area contributed by atoms with Crippen LogP contribution in [0.25, 0.3) is 5.57 Å². The largest absolute Gasteiger partial charge is 0.398 e. The highest BCUT2D eigenvalue weighted by molar-refractivity contribution is 5.76. The normalized spacial score (nSPS) is 41.4. The van der Waals surface area contributed by atoms with Crippen molar-refractivity contribution >= 4 is 11.3 Å². The van der Waals surface area contributed by atoms with Crippen molar-refractivity contribution in [3.05, 3.63) is 35.4 Å². The first-order valence-electron chi connectivity index (χ1n) is 11.5. The van der Waals surface area contributed by atoms with Gasteiger partial charge in [-0.05, 0) is 94.4 Å². The number of nitrogens with two attached hydrogens (primary N) is 1. The molecular formula is C26H37NO3. The van der Waals surface area contributed by atoms with Crippen molar-refractivity contribution in [3.8, 4) is 0 Å². The van der Waals surface area contributed by atoms with Crippen molar-refractivity contribution in [2.24, 2.45) is 5.41 Å². The Hall–Kier alpha value is -1.36. The molecule has 4 heteroatoms. The number of anilines is 1. The molecule has 3 saturated heterocycles. The van der Waals surface area contributed by atoms with E-state index in [9.17, 15) is 0 Å². The van der Waals surface area contributed by atoms with Crippen molar-refractivity contribution in [2.45, 2.75) is 109 Å². The van der Waals surface area contributed by atoms with Crippen molar-refractivity contribution in [1.29, 1.82) is 0 Å². The second-order valence-corrected chi connectivity index (χ2v) is 11.8. The van der Waals surface area contributed by atoms with Gasteiger partial charge in [0.1, 0.15) is 12.2 Å². The predicted molar refractivity (Wildman–Crippen MR) is 120 cm³/mol. The lowest BCUT2D eigenvalue weighted by molar-refractivity contribution is -0.242. The SMILES string of the molecule is CC1(C)CC=C(c2cc([C@@H]3C[C@@]4(C)O[C@@](C)(C3)[C@@H]3OC(C)(C)O[C@@H]34)ccc2N)CC1. The fourth-order valence-electron chi connectivity index (χ4n) is 6.33. The number of hydrogen-bond acceptors (Lipinski definition) is 4. The fourth-order valence-corrected chi connectivity index (χ4v) is 6.33. The first kappa shape index (κ1) is 20.5. The Kier molecular flexibility index (Phi) is 4.34. The third-order valence-electron chi connectivity index (χ3n) is 7.94. The third kappa shape index (κ3) is 3.23. The van der Waals surface area contributed by atoms with E-state index in [0.717, 1.165) is 31.4 Å². The first-order valence-corrected chi connectivity index (χ1v) is 11.5. The smallest absolute Gasteiger partial charge is 0.164 e. The van der Waals surface area contributed by atoms with Gasteiger partial charge in [0, 0.05) is 11.3 Å². The van der Waals surface area contributed by atoms with Crippen LogP contribution in [0, 0.1) is 5.41 Å². The molecule has 3 heterocycles. The van der Waals surface area contributed by atoms with E-state index in [1.54, 1.807) is 0 Å². The molecule has 164 valence electrons. The molecule has 5 atom stereocenters. The van der Waals surface area contributed by atoms with E-state index in [4.69, 9.17) is 19.9 Å². The summed E-state index contributed by atoms with van der Waals surface area (Å²) in [6.07, 6.45) is 7.70. The van der Waals surface area contributed by atoms with Crippen molar-refractivity contribution in [3.63, 3.8) is 0 Å². The van der Waals surface area contributed by atoms with Crippen LogP contribution in [0.5, 0.6) is 0 Å². The molecule has 5 rings (SSSR count). The third-order valence-corrected chi connectivity index (χ3v) is 7.94. The van der Waals surface area contributed by atoms with E-state index < -0.39 is 5.79 Å². The maximum absolute atomic E-state index is 6.59. The lowest BCUT2D eigenvalue weighted by atomic mass is 9.75. The van der Waals surface area contributed by atoms with Crippen LogP contribution in [-0.4, -0.2) is 29.2 Å². The van der Waals surface area contributed by atoms with Gasteiger partial charge in [0.05, 0.1) is 11.2 Å². The Morgan fingerprint density at radius 3 is 2.13 bits per heavy atom. The summed E-state index contributed by atoms with van der Waals surface area (Å²) in [5.41, 5.74) is 11.1. The molecule has 4 aliphatic rings. The van der Waals surface area contributed by atoms with Crippen LogP contribution in [0.1, 0.15) is 90.7 Å². The highest BCUT2D eigenvalue weighted by atomic mass is 16.8. The van der Waals surface area contributed by atoms with Crippen LogP contribution in [0.4, 0.5) is 5.69 Å². The molecule has 0 spiro atoms. The maximum atomic E-state index is 6.59. The molecule has 1 aliphatic carbocycles. The molecule has 0 saturated carbocycles. The van der Waals surface area contributed by atoms with Gasteiger partial charge >= 0.3 is 0 Å². The first-order chi connectivity index (χ1) is 13.9. The molecule has 2 N–H and O–H groups in total. The number of allylic oxidation sites excluding steroid dienone is 2. The van der Waals surface area contributed by atoms with E-state index in [1.807, 2.05) is 13.8 Å². The Morgan fingerprint density at radius 2 is 1.57 bits per heavy atom. The van der Waals surface area contributed by atoms with Gasteiger partial charge in [0.2, 0.25) is 0 Å². The summed E-state index contributed by atoms with van der Waals surface area (Å²) in [7, 11) is 0. The molecule has 4 nitrogen and oxygen atoms in total. The minimum Gasteiger partial charge on any atom is -0.398 e. The zero-order valence-corrected chi connectivity index (χ0v) is 19.4. The summed E-state index contributed by atoms with van der Waals surface area (Å²) in [4.78, 5) is 0. The summed E-state index contributed by atoms with van der Waals surface area (Å²) in [5, 5.41) is 0. The summed E-state index contributed by atoms with van der Waals surface area (Å²) in [6.45, 7) is 13.1. The molecule has 0 aromatic heterocycles. The van der Waals surface area contributed by atoms with Crippen LogP contribution in [0.2, 0.25) is 0 Å². The van der Waals surface area contributed by atoms with Gasteiger partial charge in [0.15, 0.2) is 5.79 Å². The second kappa shape index (κ2) is 6.34. The highest BCUT2D eigenvalue weighted by Gasteiger charge is 2.68. The summed E-state index contributed by atoms with van der Waals surface area (Å²) in [6, 6.07) is 6.67. The number of hydrogen-bond donors (Lipinski definition) is 1. The van der Waals surface area contributed by atoms with Crippen molar-refractivity contribution in [1.82, 2.24) is 0 Å². The number of nitrogen functional groups attached to an aromatic ring is 1. The summed E-state index contributed by atoms with van der Waals surface area (Å²) in [5.74, 6) is -0.126. The molecule has 0 unspecified atom stereocenters. The molecule has 1 aromatic carbocycles. The molecule has 30 heavy (non-hydrogen) atoms. The molecule has 3 aliphatic heterocycles. The second-order valence-electron chi connectivity index (χ2n) is 11.8. The number of benzene rings is 1. The average Bonchev–Trinajstić information content (AvgIpc) is 3.05. The van der Waals surface area contributed by atoms with Gasteiger partial charge in [-0.15, -0.1) is 0 Å². The topological polar surface area (TPSA) is 53.7 Å². The molecular weight excluding hydrogens is 374 g/mol. The lowest BCUT2D eigenvalue weighted by Crippen LogP contribution is -2.46. The van der Waals surface area contributed by atoms with Gasteiger partial charge < -0.3 is 19.9 Å². The van der Waals surface area contributed by atoms with Gasteiger partial charge in [-0.3, -0.25) is 0 Å². The minimum absolute atomic E-state index is 0.0148. The Balaban J connectivity index is 1.45. The Bertz CT molecular complexity index is 876. The van der Waals surface area contributed by atoms with E-state index >= 15 is 0 Å². The van der Waals surface area contributed by atoms with Crippen LogP contribution in [0.3, 0.4) is 0 Å². The lowest BCUT2D eigenvalue weighted by Gasteiger charge is -2.43. The van der Waals surface area contributed by atoms with Gasteiger partial charge in [-0.1, -0.05) is 26.0 Å². The van der Waals surface area contributed by atoms with E-state index in [-0.39, 0.29) is 23.4 Å². The number of rotatable bonds is 2. The van der Waals surface area contributed by atoms with Crippen molar-refractivity contribution < 1.29 is 14.2 Å². The van der Waals surface area contributed by atoms with Crippen molar-refractivity contribution in [2.75, 3.05) is 5.73 Å². The standard InChI is InChI=1S/C26H37NO3/c1-23(2)11-9-16(10-12-23)19-13-17(7-8-20(19)27)18-14-25(5)21-22(26(6,15-18)30-25)29-24(3,4)28-21/h7-9,13,18,21-22H,10-12,14-15,27H2,1-6H3/t18-,21+,22-,25-,26+. The van der Waals surface area contributed by atoms with Gasteiger partial charge in [-0.2, -0.15) is 0 Å². The molecule has 3 fully saturated rings. The molecule has 1 aromatic rings. The predicted octanol–water partition coefficient (Wildman–Crippen LogP) is 5.81. The fraction of sp³-hybridized carbons (Fsp3) is 0.692. The van der Waals surface area contributed by atoms with Gasteiger partial charge in [-0.25, -0.2) is 0 Å². The highest BCUT2D eigenvalue weighted by Crippen LogP contribution is 2.58. The minimum atomic E-state index is -0.538. The van der Waals surface area contributed by atoms with E-state index in [2.05, 4.69) is 52.0 Å². The van der Waals surface area contributed by atoms with Crippen LogP contribution >= 0.6 is 0 Å². The zero-order chi connectivity index (χ0) is 21.5. The van der Waals surface area contributed by atoms with Crippen LogP contribution in [0.15, 0.2) is 24.3 Å².